The summed E-state index contributed by atoms with van der Waals surface area (Å²) in [5, 5.41) is 12.7. The molecule has 2 aliphatic rings. The Kier molecular flexibility index (Phi) is 7.65. The van der Waals surface area contributed by atoms with E-state index >= 15 is 0 Å². The lowest BCUT2D eigenvalue weighted by Crippen LogP contribution is -2.34. The van der Waals surface area contributed by atoms with Gasteiger partial charge in [-0.05, 0) is 63.0 Å². The van der Waals surface area contributed by atoms with Crippen molar-refractivity contribution in [2.24, 2.45) is 10.9 Å². The zero-order chi connectivity index (χ0) is 29.4. The molecule has 42 heavy (non-hydrogen) atoms. The zero-order valence-electron chi connectivity index (χ0n) is 23.8. The highest BCUT2D eigenvalue weighted by Gasteiger charge is 2.42. The molecule has 3 N–H and O–H groups in total. The topological polar surface area (TPSA) is 133 Å². The number of benzene rings is 1. The lowest BCUT2D eigenvalue weighted by atomic mass is 9.88. The second kappa shape index (κ2) is 11.4. The third kappa shape index (κ3) is 5.35. The Morgan fingerprint density at radius 1 is 1.21 bits per heavy atom. The maximum atomic E-state index is 9.08. The number of likely N-dealkylation sites (tertiary alicyclic amines) is 1. The number of aromatic nitrogens is 4. The molecule has 220 valence electrons. The summed E-state index contributed by atoms with van der Waals surface area (Å²) in [6.07, 6.45) is 5.26. The smallest absolute Gasteiger partial charge is 0.292 e. The molecule has 11 nitrogen and oxygen atoms in total. The van der Waals surface area contributed by atoms with Crippen LogP contribution in [0.1, 0.15) is 55.4 Å². The van der Waals surface area contributed by atoms with E-state index in [1.807, 2.05) is 32.0 Å². The van der Waals surface area contributed by atoms with E-state index in [0.717, 1.165) is 59.9 Å². The van der Waals surface area contributed by atoms with Crippen molar-refractivity contribution in [2.45, 2.75) is 57.6 Å². The number of ether oxygens (including phenoxy) is 3. The van der Waals surface area contributed by atoms with Gasteiger partial charge < -0.3 is 29.7 Å². The van der Waals surface area contributed by atoms with Crippen LogP contribution in [0.25, 0.3) is 11.0 Å². The minimum absolute atomic E-state index is 0.00760. The van der Waals surface area contributed by atoms with Crippen molar-refractivity contribution in [3.63, 3.8) is 0 Å². The van der Waals surface area contributed by atoms with Crippen LogP contribution in [0.2, 0.25) is 5.02 Å². The van der Waals surface area contributed by atoms with Crippen LogP contribution in [0, 0.1) is 0 Å². The Labute approximate surface area is 248 Å². The number of pyridine rings is 2. The van der Waals surface area contributed by atoms with Crippen molar-refractivity contribution < 1.29 is 19.4 Å². The minimum Gasteiger partial charge on any atom is -0.443 e. The summed E-state index contributed by atoms with van der Waals surface area (Å²) in [5.74, 6) is 1.72. The van der Waals surface area contributed by atoms with Crippen molar-refractivity contribution in [3.8, 4) is 11.5 Å². The number of halogens is 1. The van der Waals surface area contributed by atoms with Crippen LogP contribution in [0.3, 0.4) is 0 Å². The molecule has 2 aliphatic heterocycles. The molecule has 0 spiro atoms. The standard InChI is InChI=1S/C30H34ClN7O4/c1-18(40-3)16-38-24-15-33-23(29(32)36-39)13-22(24)35-27(38)17-37-11-9-19(10-12-37)21-5-4-6-25-28(21)42-30(2,41-25)26-8-7-20(31)14-34-26/h4-8,13-15,18-19,39H,9-12,16-17H2,1-3H3,(H2,32,36)/t18-,30+/m1/s1. The molecule has 0 amide bonds. The van der Waals surface area contributed by atoms with E-state index < -0.39 is 5.79 Å². The van der Waals surface area contributed by atoms with Crippen LogP contribution in [-0.2, 0) is 23.6 Å². The Hall–Kier alpha value is -3.93. The molecule has 2 atom stereocenters. The molecule has 0 radical (unpaired) electrons. The van der Waals surface area contributed by atoms with Gasteiger partial charge in [0, 0.05) is 25.8 Å². The molecular weight excluding hydrogens is 558 g/mol. The fourth-order valence-corrected chi connectivity index (χ4v) is 5.85. The number of amidine groups is 1. The zero-order valence-corrected chi connectivity index (χ0v) is 24.6. The van der Waals surface area contributed by atoms with Crippen molar-refractivity contribution in [1.82, 2.24) is 24.4 Å². The first kappa shape index (κ1) is 28.2. The predicted molar refractivity (Wildman–Crippen MR) is 158 cm³/mol. The Bertz CT molecular complexity index is 1620. The van der Waals surface area contributed by atoms with Gasteiger partial charge in [-0.15, -0.1) is 0 Å². The first-order chi connectivity index (χ1) is 20.3. The van der Waals surface area contributed by atoms with Gasteiger partial charge >= 0.3 is 0 Å². The van der Waals surface area contributed by atoms with Crippen molar-refractivity contribution in [1.29, 1.82) is 0 Å². The third-order valence-corrected chi connectivity index (χ3v) is 8.35. The second-order valence-electron chi connectivity index (χ2n) is 11.0. The van der Waals surface area contributed by atoms with Gasteiger partial charge in [-0.2, -0.15) is 0 Å². The highest BCUT2D eigenvalue weighted by molar-refractivity contribution is 6.30. The van der Waals surface area contributed by atoms with E-state index in [4.69, 9.17) is 41.7 Å². The molecule has 6 rings (SSSR count). The number of piperidine rings is 1. The normalized spacial score (nSPS) is 20.3. The SMILES string of the molecule is CO[C@H](C)Cn1c(CN2CCC(c3cccc4c3O[C@@](C)(c3ccc(Cl)cn3)O4)CC2)nc2cc(C(N)=NO)ncc21. The monoisotopic (exact) mass is 591 g/mol. The summed E-state index contributed by atoms with van der Waals surface area (Å²) in [5.41, 5.74) is 9.62. The van der Waals surface area contributed by atoms with Crippen molar-refractivity contribution in [3.05, 3.63) is 76.6 Å². The summed E-state index contributed by atoms with van der Waals surface area (Å²) in [7, 11) is 1.70. The molecule has 12 heteroatoms. The van der Waals surface area contributed by atoms with Crippen LogP contribution in [0.5, 0.6) is 11.5 Å². The summed E-state index contributed by atoms with van der Waals surface area (Å²) in [6, 6.07) is 11.5. The molecule has 4 aromatic rings. The number of nitrogens with two attached hydrogens (primary N) is 1. The molecule has 5 heterocycles. The maximum absolute atomic E-state index is 9.08. The Morgan fingerprint density at radius 2 is 2.02 bits per heavy atom. The predicted octanol–water partition coefficient (Wildman–Crippen LogP) is 4.63. The van der Waals surface area contributed by atoms with E-state index in [9.17, 15) is 0 Å². The lowest BCUT2D eigenvalue weighted by Gasteiger charge is -2.32. The van der Waals surface area contributed by atoms with E-state index in [2.05, 4.69) is 30.7 Å². The number of rotatable bonds is 8. The lowest BCUT2D eigenvalue weighted by molar-refractivity contribution is -0.0722. The number of imidazole rings is 1. The van der Waals surface area contributed by atoms with Crippen LogP contribution in [0.4, 0.5) is 0 Å². The number of hydrogen-bond acceptors (Lipinski definition) is 9. The van der Waals surface area contributed by atoms with Crippen LogP contribution >= 0.6 is 11.6 Å². The van der Waals surface area contributed by atoms with E-state index in [1.54, 1.807) is 31.6 Å². The van der Waals surface area contributed by atoms with E-state index in [0.29, 0.717) is 35.4 Å². The molecule has 0 unspecified atom stereocenters. The van der Waals surface area contributed by atoms with Gasteiger partial charge in [0.2, 0.25) is 0 Å². The molecule has 1 saturated heterocycles. The number of oxime groups is 1. The van der Waals surface area contributed by atoms with Crippen molar-refractivity contribution in [2.75, 3.05) is 20.2 Å². The number of hydrogen-bond donors (Lipinski definition) is 2. The largest absolute Gasteiger partial charge is 0.443 e. The fourth-order valence-electron chi connectivity index (χ4n) is 5.74. The number of para-hydroxylation sites is 1. The van der Waals surface area contributed by atoms with E-state index in [1.165, 1.54) is 0 Å². The third-order valence-electron chi connectivity index (χ3n) is 8.12. The number of nitrogens with zero attached hydrogens (tertiary/aromatic N) is 6. The highest BCUT2D eigenvalue weighted by atomic mass is 35.5. The molecule has 0 bridgehead atoms. The fraction of sp³-hybridized carbons (Fsp3) is 0.400. The quantitative estimate of drug-likeness (QED) is 0.130. The first-order valence-electron chi connectivity index (χ1n) is 14.0. The highest BCUT2D eigenvalue weighted by Crippen LogP contribution is 2.49. The average Bonchev–Trinajstić information content (AvgIpc) is 3.53. The first-order valence-corrected chi connectivity index (χ1v) is 14.4. The van der Waals surface area contributed by atoms with Gasteiger partial charge in [-0.1, -0.05) is 28.9 Å². The minimum atomic E-state index is -1.01. The molecule has 1 fully saturated rings. The van der Waals surface area contributed by atoms with Gasteiger partial charge in [0.15, 0.2) is 17.3 Å². The van der Waals surface area contributed by atoms with Gasteiger partial charge in [0.25, 0.3) is 5.79 Å². The number of methoxy groups -OCH3 is 1. The maximum Gasteiger partial charge on any atom is 0.292 e. The second-order valence-corrected chi connectivity index (χ2v) is 11.4. The van der Waals surface area contributed by atoms with E-state index in [-0.39, 0.29) is 11.9 Å². The Balaban J connectivity index is 1.18. The van der Waals surface area contributed by atoms with Crippen LogP contribution in [0.15, 0.2) is 53.9 Å². The average molecular weight is 592 g/mol. The van der Waals surface area contributed by atoms with Gasteiger partial charge in [-0.25, -0.2) is 4.98 Å². The van der Waals surface area contributed by atoms with Gasteiger partial charge in [0.1, 0.15) is 17.2 Å². The van der Waals surface area contributed by atoms with Gasteiger partial charge in [-0.3, -0.25) is 14.9 Å². The summed E-state index contributed by atoms with van der Waals surface area (Å²) in [4.78, 5) is 16.2. The molecular formula is C30H34ClN7O4. The molecule has 0 aliphatic carbocycles. The summed E-state index contributed by atoms with van der Waals surface area (Å²) < 4.78 is 20.4. The Morgan fingerprint density at radius 3 is 2.74 bits per heavy atom. The molecule has 0 saturated carbocycles. The van der Waals surface area contributed by atoms with Crippen molar-refractivity contribution >= 4 is 28.5 Å². The summed E-state index contributed by atoms with van der Waals surface area (Å²) >= 11 is 6.04. The molecule has 3 aromatic heterocycles. The van der Waals surface area contributed by atoms with Gasteiger partial charge in [0.05, 0.1) is 41.4 Å². The number of fused-ring (bicyclic) bond motifs is 2. The summed E-state index contributed by atoms with van der Waals surface area (Å²) in [6.45, 7) is 7.04. The van der Waals surface area contributed by atoms with Crippen LogP contribution < -0.4 is 15.2 Å². The molecule has 1 aromatic carbocycles. The van der Waals surface area contributed by atoms with Crippen LogP contribution in [-0.4, -0.2) is 61.8 Å².